The van der Waals surface area contributed by atoms with Gasteiger partial charge < -0.3 is 10.1 Å². The minimum Gasteiger partial charge on any atom is -0.406 e. The van der Waals surface area contributed by atoms with Crippen LogP contribution >= 0.6 is 11.8 Å². The number of aliphatic imine (C=N–C) groups is 1. The van der Waals surface area contributed by atoms with Crippen molar-refractivity contribution in [2.24, 2.45) is 4.99 Å². The van der Waals surface area contributed by atoms with Crippen LogP contribution in [0.3, 0.4) is 0 Å². The molecule has 2 aliphatic rings. The summed E-state index contributed by atoms with van der Waals surface area (Å²) in [7, 11) is 0. The van der Waals surface area contributed by atoms with E-state index in [1.54, 1.807) is 4.90 Å². The van der Waals surface area contributed by atoms with E-state index in [0.717, 1.165) is 33.5 Å². The molecule has 0 radical (unpaired) electrons. The van der Waals surface area contributed by atoms with Crippen LogP contribution in [0.5, 0.6) is 5.75 Å². The highest BCUT2D eigenvalue weighted by atomic mass is 32.2. The van der Waals surface area contributed by atoms with Crippen LogP contribution in [0.4, 0.5) is 23.7 Å². The fourth-order valence-corrected chi connectivity index (χ4v) is 6.35. The molecule has 1 unspecified atom stereocenters. The van der Waals surface area contributed by atoms with Gasteiger partial charge in [-0.05, 0) is 84.3 Å². The summed E-state index contributed by atoms with van der Waals surface area (Å²) in [4.78, 5) is 36.2. The normalized spacial score (nSPS) is 17.3. The van der Waals surface area contributed by atoms with Crippen LogP contribution in [0.1, 0.15) is 42.0 Å². The Balaban J connectivity index is 1.13. The molecule has 1 aromatic heterocycles. The second-order valence-corrected chi connectivity index (χ2v) is 12.2. The number of fused-ring (bicyclic) bond motifs is 1. The summed E-state index contributed by atoms with van der Waals surface area (Å²) >= 11 is 1.25. The third-order valence-corrected chi connectivity index (χ3v) is 8.49. The molecule has 1 saturated heterocycles. The van der Waals surface area contributed by atoms with E-state index >= 15 is 0 Å². The smallest absolute Gasteiger partial charge is 0.406 e. The number of aryl methyl sites for hydroxylation is 1. The van der Waals surface area contributed by atoms with Gasteiger partial charge >= 0.3 is 12.4 Å². The molecule has 1 atom stereocenters. The average molecular weight is 635 g/mol. The zero-order valence-electron chi connectivity index (χ0n) is 24.6. The summed E-state index contributed by atoms with van der Waals surface area (Å²) in [5, 5.41) is 7.85. The van der Waals surface area contributed by atoms with E-state index in [1.807, 2.05) is 43.3 Å². The van der Waals surface area contributed by atoms with Crippen LogP contribution in [0.15, 0.2) is 72.0 Å². The maximum absolute atomic E-state index is 13.1. The van der Waals surface area contributed by atoms with Crippen molar-refractivity contribution in [3.05, 3.63) is 89.2 Å². The maximum atomic E-state index is 13.1. The second-order valence-electron chi connectivity index (χ2n) is 11.2. The van der Waals surface area contributed by atoms with Gasteiger partial charge in [-0.2, -0.15) is 4.99 Å². The Hall–Kier alpha value is -4.65. The number of ether oxygens (including phenoxy) is 1. The highest BCUT2D eigenvalue weighted by molar-refractivity contribution is 8.15. The SMILES string of the molecule is Cc1ccc(C(C)C)c(N2C(=O)CS/C2=N\C(=O)NC2Cc3ccc(-c4ncn(-c5ccc(OC(F)(F)F)cc5)n4)cc3C2)c1. The van der Waals surface area contributed by atoms with Crippen LogP contribution in [-0.4, -0.2) is 50.0 Å². The van der Waals surface area contributed by atoms with Crippen molar-refractivity contribution < 1.29 is 27.5 Å². The molecular formula is C32H29F3N6O3S. The molecule has 45 heavy (non-hydrogen) atoms. The van der Waals surface area contributed by atoms with Crippen molar-refractivity contribution in [3.63, 3.8) is 0 Å². The Morgan fingerprint density at radius 1 is 1.07 bits per heavy atom. The molecule has 4 aromatic rings. The van der Waals surface area contributed by atoms with Crippen molar-refractivity contribution in [2.75, 3.05) is 10.7 Å². The van der Waals surface area contributed by atoms with Crippen molar-refractivity contribution >= 4 is 34.6 Å². The fraction of sp³-hybridized carbons (Fsp3) is 0.281. The highest BCUT2D eigenvalue weighted by Crippen LogP contribution is 2.34. The summed E-state index contributed by atoms with van der Waals surface area (Å²) < 4.78 is 42.8. The van der Waals surface area contributed by atoms with Crippen molar-refractivity contribution in [1.82, 2.24) is 20.1 Å². The molecule has 2 heterocycles. The number of carbonyl (C=O) groups is 2. The van der Waals surface area contributed by atoms with E-state index in [-0.39, 0.29) is 29.4 Å². The summed E-state index contributed by atoms with van der Waals surface area (Å²) in [5.74, 6) is 0.429. The number of hydrogen-bond acceptors (Lipinski definition) is 6. The van der Waals surface area contributed by atoms with Crippen molar-refractivity contribution in [3.8, 4) is 22.8 Å². The molecule has 3 aromatic carbocycles. The van der Waals surface area contributed by atoms with Gasteiger partial charge in [0, 0.05) is 11.6 Å². The first-order valence-corrected chi connectivity index (χ1v) is 15.3. The molecule has 6 rings (SSSR count). The first-order valence-electron chi connectivity index (χ1n) is 14.3. The predicted molar refractivity (Wildman–Crippen MR) is 166 cm³/mol. The molecule has 0 saturated carbocycles. The number of anilines is 1. The Kier molecular flexibility index (Phi) is 8.12. The Morgan fingerprint density at radius 2 is 1.82 bits per heavy atom. The number of carbonyl (C=O) groups excluding carboxylic acids is 2. The van der Waals surface area contributed by atoms with Crippen LogP contribution in [-0.2, 0) is 17.6 Å². The van der Waals surface area contributed by atoms with Crippen LogP contribution in [0, 0.1) is 6.92 Å². The zero-order valence-corrected chi connectivity index (χ0v) is 25.4. The minimum absolute atomic E-state index is 0.108. The van der Waals surface area contributed by atoms with Gasteiger partial charge in [0.15, 0.2) is 11.0 Å². The van der Waals surface area contributed by atoms with E-state index in [9.17, 15) is 22.8 Å². The largest absolute Gasteiger partial charge is 0.573 e. The number of nitrogens with zero attached hydrogens (tertiary/aromatic N) is 5. The molecular weight excluding hydrogens is 605 g/mol. The van der Waals surface area contributed by atoms with E-state index in [4.69, 9.17) is 0 Å². The maximum Gasteiger partial charge on any atom is 0.573 e. The molecule has 13 heteroatoms. The van der Waals surface area contributed by atoms with Crippen molar-refractivity contribution in [1.29, 1.82) is 0 Å². The van der Waals surface area contributed by atoms with Gasteiger partial charge in [-0.15, -0.1) is 18.3 Å². The quantitative estimate of drug-likeness (QED) is 0.257. The number of rotatable bonds is 6. The van der Waals surface area contributed by atoms with Gasteiger partial charge in [-0.3, -0.25) is 9.69 Å². The second kappa shape index (κ2) is 12.0. The number of nitrogens with one attached hydrogen (secondary N) is 1. The molecule has 0 bridgehead atoms. The fourth-order valence-electron chi connectivity index (χ4n) is 5.49. The van der Waals surface area contributed by atoms with Gasteiger partial charge in [0.2, 0.25) is 5.91 Å². The van der Waals surface area contributed by atoms with Crippen LogP contribution < -0.4 is 15.0 Å². The Morgan fingerprint density at radius 3 is 2.56 bits per heavy atom. The highest BCUT2D eigenvalue weighted by Gasteiger charge is 2.33. The van der Waals surface area contributed by atoms with E-state index in [1.165, 1.54) is 47.0 Å². The summed E-state index contributed by atoms with van der Waals surface area (Å²) in [5.41, 5.74) is 6.22. The van der Waals surface area contributed by atoms with Gasteiger partial charge in [-0.25, -0.2) is 14.5 Å². The topological polar surface area (TPSA) is 102 Å². The lowest BCUT2D eigenvalue weighted by Crippen LogP contribution is -2.36. The Bertz CT molecular complexity index is 1800. The number of thioether (sulfide) groups is 1. The van der Waals surface area contributed by atoms with Crippen molar-refractivity contribution in [2.45, 2.75) is 51.9 Å². The number of amidine groups is 1. The molecule has 9 nitrogen and oxygen atoms in total. The predicted octanol–water partition coefficient (Wildman–Crippen LogP) is 6.58. The number of halogens is 3. The van der Waals surface area contributed by atoms with E-state index in [2.05, 4.69) is 39.0 Å². The number of benzene rings is 3. The van der Waals surface area contributed by atoms with Crippen LogP contribution in [0.25, 0.3) is 17.1 Å². The standard InChI is InChI=1S/C32H29F3N6O3S/c1-18(2)26-11-4-19(3)12-27(26)41-28(42)16-45-31(41)38-30(43)37-23-14-20-5-6-21(13-22(20)15-23)29-36-17-40(39-29)24-7-9-25(10-8-24)44-32(33,34)35/h4-13,17-18,23H,14-16H2,1-3H3,(H,37,43)/b38-31-. The molecule has 232 valence electrons. The van der Waals surface area contributed by atoms with Gasteiger partial charge in [0.25, 0.3) is 0 Å². The lowest BCUT2D eigenvalue weighted by molar-refractivity contribution is -0.274. The molecule has 1 fully saturated rings. The van der Waals surface area contributed by atoms with Gasteiger partial charge in [-0.1, -0.05) is 49.9 Å². The number of alkyl halides is 3. The number of aromatic nitrogens is 3. The number of urea groups is 1. The zero-order chi connectivity index (χ0) is 31.9. The Labute approximate surface area is 261 Å². The first-order chi connectivity index (χ1) is 21.4. The van der Waals surface area contributed by atoms with Crippen LogP contribution in [0.2, 0.25) is 0 Å². The molecule has 1 aliphatic carbocycles. The van der Waals surface area contributed by atoms with Gasteiger partial charge in [0.1, 0.15) is 12.1 Å². The van der Waals surface area contributed by atoms with Gasteiger partial charge in [0.05, 0.1) is 17.1 Å². The van der Waals surface area contributed by atoms with E-state index in [0.29, 0.717) is 29.5 Å². The monoisotopic (exact) mass is 634 g/mol. The third-order valence-electron chi connectivity index (χ3n) is 7.56. The molecule has 1 N–H and O–H groups in total. The summed E-state index contributed by atoms with van der Waals surface area (Å²) in [6, 6.07) is 16.5. The lowest BCUT2D eigenvalue weighted by Gasteiger charge is -2.22. The number of amides is 3. The first kappa shape index (κ1) is 30.4. The summed E-state index contributed by atoms with van der Waals surface area (Å²) in [6.07, 6.45) is -2.06. The summed E-state index contributed by atoms with van der Waals surface area (Å²) in [6.45, 7) is 6.10. The lowest BCUT2D eigenvalue weighted by atomic mass is 9.99. The van der Waals surface area contributed by atoms with E-state index < -0.39 is 12.4 Å². The molecule has 1 aliphatic heterocycles. The molecule has 0 spiro atoms. The third kappa shape index (κ3) is 6.72. The average Bonchev–Trinajstić information content (AvgIpc) is 3.70. The molecule has 3 amide bonds. The number of hydrogen-bond donors (Lipinski definition) is 1. The minimum atomic E-state index is -4.76.